The van der Waals surface area contributed by atoms with Crippen molar-refractivity contribution in [2.24, 2.45) is 5.73 Å². The van der Waals surface area contributed by atoms with Crippen molar-refractivity contribution in [3.63, 3.8) is 0 Å². The van der Waals surface area contributed by atoms with Crippen molar-refractivity contribution in [3.8, 4) is 5.88 Å². The lowest BCUT2D eigenvalue weighted by molar-refractivity contribution is 0.228. The highest BCUT2D eigenvalue weighted by molar-refractivity contribution is 6.31. The molecule has 4 nitrogen and oxygen atoms in total. The highest BCUT2D eigenvalue weighted by Crippen LogP contribution is 2.20. The Morgan fingerprint density at radius 3 is 3.06 bits per heavy atom. The third-order valence-electron chi connectivity index (χ3n) is 3.46. The second-order valence-electron chi connectivity index (χ2n) is 4.70. The number of nitrogens with zero attached hydrogens (tertiary/aromatic N) is 2. The summed E-state index contributed by atoms with van der Waals surface area (Å²) in [6, 6.07) is 4.22. The number of halogens is 1. The van der Waals surface area contributed by atoms with Crippen LogP contribution in [-0.4, -0.2) is 36.1 Å². The standard InChI is InChI=1S/C13H20ClN3O/c1-17-7-2-3-10(17)6-8-18-13-5-4-11(14)12(9-15)16-13/h4-5,10H,2-3,6-9,15H2,1H3. The summed E-state index contributed by atoms with van der Waals surface area (Å²) in [5.74, 6) is 0.612. The van der Waals surface area contributed by atoms with E-state index in [0.29, 0.717) is 35.8 Å². The van der Waals surface area contributed by atoms with Crippen molar-refractivity contribution < 1.29 is 4.74 Å². The van der Waals surface area contributed by atoms with Gasteiger partial charge in [-0.25, -0.2) is 4.98 Å². The van der Waals surface area contributed by atoms with Gasteiger partial charge in [-0.1, -0.05) is 11.6 Å². The highest BCUT2D eigenvalue weighted by atomic mass is 35.5. The molecule has 0 saturated carbocycles. The largest absolute Gasteiger partial charge is 0.478 e. The molecule has 1 aliphatic heterocycles. The molecule has 0 bridgehead atoms. The average molecular weight is 270 g/mol. The van der Waals surface area contributed by atoms with Crippen LogP contribution in [-0.2, 0) is 6.54 Å². The zero-order chi connectivity index (χ0) is 13.0. The van der Waals surface area contributed by atoms with Gasteiger partial charge in [-0.2, -0.15) is 0 Å². The Balaban J connectivity index is 1.83. The van der Waals surface area contributed by atoms with Crippen molar-refractivity contribution in [2.45, 2.75) is 31.8 Å². The van der Waals surface area contributed by atoms with Crippen LogP contribution in [0.5, 0.6) is 5.88 Å². The summed E-state index contributed by atoms with van der Waals surface area (Å²) >= 11 is 5.95. The number of pyridine rings is 1. The topological polar surface area (TPSA) is 51.4 Å². The molecule has 0 radical (unpaired) electrons. The molecule has 0 aliphatic carbocycles. The van der Waals surface area contributed by atoms with Crippen LogP contribution in [0.15, 0.2) is 12.1 Å². The summed E-state index contributed by atoms with van der Waals surface area (Å²) in [6.07, 6.45) is 3.60. The molecule has 2 N–H and O–H groups in total. The fourth-order valence-corrected chi connectivity index (χ4v) is 2.51. The second-order valence-corrected chi connectivity index (χ2v) is 5.10. The Bertz CT molecular complexity index is 400. The molecule has 1 aromatic heterocycles. The quantitative estimate of drug-likeness (QED) is 0.889. The van der Waals surface area contributed by atoms with E-state index in [1.165, 1.54) is 19.4 Å². The monoisotopic (exact) mass is 269 g/mol. The minimum atomic E-state index is 0.335. The minimum absolute atomic E-state index is 0.335. The molecular formula is C13H20ClN3O. The second kappa shape index (κ2) is 6.36. The van der Waals surface area contributed by atoms with Gasteiger partial charge in [0.1, 0.15) is 0 Å². The third-order valence-corrected chi connectivity index (χ3v) is 3.80. The van der Waals surface area contributed by atoms with E-state index < -0.39 is 0 Å². The molecule has 1 fully saturated rings. The molecule has 100 valence electrons. The molecule has 1 atom stereocenters. The van der Waals surface area contributed by atoms with Gasteiger partial charge in [-0.05, 0) is 38.9 Å². The van der Waals surface area contributed by atoms with Crippen LogP contribution in [0.2, 0.25) is 5.02 Å². The van der Waals surface area contributed by atoms with Gasteiger partial charge in [0.2, 0.25) is 5.88 Å². The van der Waals surface area contributed by atoms with E-state index in [1.807, 2.05) is 0 Å². The fourth-order valence-electron chi connectivity index (χ4n) is 2.33. The Morgan fingerprint density at radius 1 is 1.56 bits per heavy atom. The first kappa shape index (κ1) is 13.6. The summed E-state index contributed by atoms with van der Waals surface area (Å²) in [5, 5.41) is 0.598. The Labute approximate surface area is 113 Å². The Kier molecular flexibility index (Phi) is 4.80. The molecule has 2 rings (SSSR count). The van der Waals surface area contributed by atoms with Crippen LogP contribution in [0.1, 0.15) is 25.0 Å². The summed E-state index contributed by atoms with van der Waals surface area (Å²) in [7, 11) is 2.17. The van der Waals surface area contributed by atoms with Crippen molar-refractivity contribution >= 4 is 11.6 Å². The summed E-state index contributed by atoms with van der Waals surface area (Å²) in [4.78, 5) is 6.67. The average Bonchev–Trinajstić information content (AvgIpc) is 2.77. The zero-order valence-electron chi connectivity index (χ0n) is 10.7. The molecule has 2 heterocycles. The van der Waals surface area contributed by atoms with Crippen molar-refractivity contribution in [1.29, 1.82) is 0 Å². The lowest BCUT2D eigenvalue weighted by Gasteiger charge is -2.19. The van der Waals surface area contributed by atoms with E-state index in [4.69, 9.17) is 22.1 Å². The zero-order valence-corrected chi connectivity index (χ0v) is 11.5. The van der Waals surface area contributed by atoms with E-state index in [0.717, 1.165) is 6.42 Å². The first-order chi connectivity index (χ1) is 8.70. The number of hydrogen-bond acceptors (Lipinski definition) is 4. The van der Waals surface area contributed by atoms with Gasteiger partial charge in [-0.3, -0.25) is 0 Å². The summed E-state index contributed by atoms with van der Waals surface area (Å²) in [6.45, 7) is 2.22. The lowest BCUT2D eigenvalue weighted by atomic mass is 10.1. The van der Waals surface area contributed by atoms with Crippen LogP contribution in [0.25, 0.3) is 0 Å². The number of hydrogen-bond donors (Lipinski definition) is 1. The highest BCUT2D eigenvalue weighted by Gasteiger charge is 2.20. The van der Waals surface area contributed by atoms with E-state index in [2.05, 4.69) is 16.9 Å². The maximum atomic E-state index is 5.95. The number of ether oxygens (including phenoxy) is 1. The normalized spacial score (nSPS) is 20.3. The first-order valence-corrected chi connectivity index (χ1v) is 6.77. The van der Waals surface area contributed by atoms with Crippen LogP contribution in [0.4, 0.5) is 0 Å². The first-order valence-electron chi connectivity index (χ1n) is 6.39. The lowest BCUT2D eigenvalue weighted by Crippen LogP contribution is -2.26. The van der Waals surface area contributed by atoms with E-state index in [-0.39, 0.29) is 0 Å². The maximum Gasteiger partial charge on any atom is 0.213 e. The van der Waals surface area contributed by atoms with Gasteiger partial charge in [0.15, 0.2) is 0 Å². The summed E-state index contributed by atoms with van der Waals surface area (Å²) < 4.78 is 5.66. The molecule has 1 unspecified atom stereocenters. The van der Waals surface area contributed by atoms with E-state index >= 15 is 0 Å². The number of rotatable bonds is 5. The van der Waals surface area contributed by atoms with Gasteiger partial charge >= 0.3 is 0 Å². The van der Waals surface area contributed by atoms with Crippen LogP contribution < -0.4 is 10.5 Å². The van der Waals surface area contributed by atoms with Crippen LogP contribution in [0.3, 0.4) is 0 Å². The molecule has 0 aromatic carbocycles. The molecule has 1 saturated heterocycles. The maximum absolute atomic E-state index is 5.95. The number of aromatic nitrogens is 1. The fraction of sp³-hybridized carbons (Fsp3) is 0.615. The summed E-state index contributed by atoms with van der Waals surface area (Å²) in [5.41, 5.74) is 6.24. The predicted molar refractivity (Wildman–Crippen MR) is 72.9 cm³/mol. The van der Waals surface area contributed by atoms with Gasteiger partial charge in [-0.15, -0.1) is 0 Å². The Morgan fingerprint density at radius 2 is 2.39 bits per heavy atom. The molecule has 0 spiro atoms. The van der Waals surface area contributed by atoms with E-state index in [9.17, 15) is 0 Å². The molecule has 1 aliphatic rings. The van der Waals surface area contributed by atoms with Gasteiger partial charge < -0.3 is 15.4 Å². The number of nitrogens with two attached hydrogens (primary N) is 1. The SMILES string of the molecule is CN1CCCC1CCOc1ccc(Cl)c(CN)n1. The Hall–Kier alpha value is -0.840. The number of likely N-dealkylation sites (tertiary alicyclic amines) is 1. The van der Waals surface area contributed by atoms with Crippen molar-refractivity contribution in [2.75, 3.05) is 20.2 Å². The van der Waals surface area contributed by atoms with E-state index in [1.54, 1.807) is 12.1 Å². The predicted octanol–water partition coefficient (Wildman–Crippen LogP) is 2.06. The molecule has 18 heavy (non-hydrogen) atoms. The van der Waals surface area contributed by atoms with Crippen molar-refractivity contribution in [3.05, 3.63) is 22.8 Å². The van der Waals surface area contributed by atoms with Gasteiger partial charge in [0.05, 0.1) is 17.3 Å². The molecule has 5 heteroatoms. The molecule has 1 aromatic rings. The van der Waals surface area contributed by atoms with Crippen molar-refractivity contribution in [1.82, 2.24) is 9.88 Å². The van der Waals surface area contributed by atoms with Gasteiger partial charge in [0.25, 0.3) is 0 Å². The third kappa shape index (κ3) is 3.34. The molecular weight excluding hydrogens is 250 g/mol. The smallest absolute Gasteiger partial charge is 0.213 e. The molecule has 0 amide bonds. The van der Waals surface area contributed by atoms with Crippen LogP contribution in [0, 0.1) is 0 Å². The minimum Gasteiger partial charge on any atom is -0.478 e. The van der Waals surface area contributed by atoms with Gasteiger partial charge in [0, 0.05) is 18.7 Å². The van der Waals surface area contributed by atoms with Crippen LogP contribution >= 0.6 is 11.6 Å².